The molecule has 2 N–H and O–H groups in total. The van der Waals surface area contributed by atoms with Gasteiger partial charge in [-0.05, 0) is 56.4 Å². The third-order valence-corrected chi connectivity index (χ3v) is 4.09. The van der Waals surface area contributed by atoms with Crippen molar-refractivity contribution in [2.75, 3.05) is 19.1 Å². The first-order valence-electron chi connectivity index (χ1n) is 6.68. The normalized spacial score (nSPS) is 23.2. The van der Waals surface area contributed by atoms with Crippen molar-refractivity contribution in [1.82, 2.24) is 0 Å². The molecule has 1 aromatic rings. The zero-order valence-corrected chi connectivity index (χ0v) is 11.9. The van der Waals surface area contributed by atoms with Gasteiger partial charge in [-0.3, -0.25) is 0 Å². The number of nitrogens with zero attached hydrogens (tertiary/aromatic N) is 1. The van der Waals surface area contributed by atoms with Gasteiger partial charge in [0.15, 0.2) is 0 Å². The van der Waals surface area contributed by atoms with Gasteiger partial charge in [0, 0.05) is 24.8 Å². The van der Waals surface area contributed by atoms with Gasteiger partial charge in [0.1, 0.15) is 5.75 Å². The highest BCUT2D eigenvalue weighted by Crippen LogP contribution is 2.32. The first-order chi connectivity index (χ1) is 8.54. The lowest BCUT2D eigenvalue weighted by Crippen LogP contribution is -2.42. The minimum Gasteiger partial charge on any atom is -0.496 e. The third kappa shape index (κ3) is 2.32. The van der Waals surface area contributed by atoms with Crippen molar-refractivity contribution >= 4 is 5.69 Å². The fourth-order valence-corrected chi connectivity index (χ4v) is 3.09. The number of anilines is 1. The van der Waals surface area contributed by atoms with Crippen LogP contribution < -0.4 is 15.4 Å². The molecule has 1 aromatic carbocycles. The van der Waals surface area contributed by atoms with Gasteiger partial charge in [-0.25, -0.2) is 0 Å². The molecule has 0 amide bonds. The zero-order chi connectivity index (χ0) is 13.3. The maximum atomic E-state index is 6.18. The minimum absolute atomic E-state index is 0.303. The largest absolute Gasteiger partial charge is 0.496 e. The highest BCUT2D eigenvalue weighted by Gasteiger charge is 2.28. The van der Waals surface area contributed by atoms with Gasteiger partial charge < -0.3 is 15.4 Å². The van der Waals surface area contributed by atoms with Crippen molar-refractivity contribution in [3.8, 4) is 5.75 Å². The molecule has 1 fully saturated rings. The Morgan fingerprint density at radius 2 is 1.83 bits per heavy atom. The van der Waals surface area contributed by atoms with Crippen LogP contribution >= 0.6 is 0 Å². The summed E-state index contributed by atoms with van der Waals surface area (Å²) < 4.78 is 5.41. The van der Waals surface area contributed by atoms with E-state index in [2.05, 4.69) is 37.9 Å². The Morgan fingerprint density at radius 3 is 2.28 bits per heavy atom. The first kappa shape index (κ1) is 13.2. The SMILES string of the molecule is COc1c(C)cc(N(C)C2CCCC2N)cc1C. The number of hydrogen-bond donors (Lipinski definition) is 1. The van der Waals surface area contributed by atoms with Crippen molar-refractivity contribution < 1.29 is 4.74 Å². The molecular weight excluding hydrogens is 224 g/mol. The molecule has 18 heavy (non-hydrogen) atoms. The van der Waals surface area contributed by atoms with Crippen LogP contribution in [0.25, 0.3) is 0 Å². The van der Waals surface area contributed by atoms with Crippen LogP contribution in [0, 0.1) is 13.8 Å². The lowest BCUT2D eigenvalue weighted by molar-refractivity contribution is 0.408. The topological polar surface area (TPSA) is 38.5 Å². The van der Waals surface area contributed by atoms with Crippen molar-refractivity contribution in [2.24, 2.45) is 5.73 Å². The summed E-state index contributed by atoms with van der Waals surface area (Å²) in [6.07, 6.45) is 3.58. The third-order valence-electron chi connectivity index (χ3n) is 4.09. The fraction of sp³-hybridized carbons (Fsp3) is 0.600. The molecule has 3 heteroatoms. The fourth-order valence-electron chi connectivity index (χ4n) is 3.09. The number of benzene rings is 1. The Kier molecular flexibility index (Phi) is 3.81. The monoisotopic (exact) mass is 248 g/mol. The highest BCUT2D eigenvalue weighted by atomic mass is 16.5. The van der Waals surface area contributed by atoms with Crippen LogP contribution in [0.3, 0.4) is 0 Å². The second-order valence-electron chi connectivity index (χ2n) is 5.39. The molecule has 0 radical (unpaired) electrons. The first-order valence-corrected chi connectivity index (χ1v) is 6.68. The van der Waals surface area contributed by atoms with E-state index in [0.717, 1.165) is 12.2 Å². The van der Waals surface area contributed by atoms with E-state index in [-0.39, 0.29) is 0 Å². The van der Waals surface area contributed by atoms with E-state index >= 15 is 0 Å². The molecule has 2 unspecified atom stereocenters. The van der Waals surface area contributed by atoms with Crippen LogP contribution in [0.4, 0.5) is 5.69 Å². The molecule has 0 saturated heterocycles. The smallest absolute Gasteiger partial charge is 0.124 e. The lowest BCUT2D eigenvalue weighted by Gasteiger charge is -2.30. The van der Waals surface area contributed by atoms with Gasteiger partial charge in [0.05, 0.1) is 7.11 Å². The van der Waals surface area contributed by atoms with Crippen LogP contribution in [0.15, 0.2) is 12.1 Å². The second kappa shape index (κ2) is 5.19. The van der Waals surface area contributed by atoms with Gasteiger partial charge in [-0.2, -0.15) is 0 Å². The zero-order valence-electron chi connectivity index (χ0n) is 11.9. The van der Waals surface area contributed by atoms with Crippen molar-refractivity contribution in [3.63, 3.8) is 0 Å². The summed E-state index contributed by atoms with van der Waals surface area (Å²) in [7, 11) is 3.88. The van der Waals surface area contributed by atoms with E-state index in [1.807, 2.05) is 0 Å². The molecule has 1 aliphatic carbocycles. The second-order valence-corrected chi connectivity index (χ2v) is 5.39. The molecule has 0 spiro atoms. The predicted octanol–water partition coefficient (Wildman–Crippen LogP) is 2.63. The average Bonchev–Trinajstić information content (AvgIpc) is 2.74. The number of nitrogens with two attached hydrogens (primary N) is 1. The van der Waals surface area contributed by atoms with Gasteiger partial charge >= 0.3 is 0 Å². The van der Waals surface area contributed by atoms with Crippen LogP contribution in [-0.4, -0.2) is 26.2 Å². The summed E-state index contributed by atoms with van der Waals surface area (Å²) in [5.74, 6) is 0.989. The number of aryl methyl sites for hydroxylation is 2. The van der Waals surface area contributed by atoms with Crippen molar-refractivity contribution in [2.45, 2.75) is 45.2 Å². The lowest BCUT2D eigenvalue weighted by atomic mass is 10.1. The molecule has 1 saturated carbocycles. The van der Waals surface area contributed by atoms with Crippen LogP contribution in [0.5, 0.6) is 5.75 Å². The Labute approximate surface area is 110 Å². The molecule has 0 aromatic heterocycles. The summed E-state index contributed by atoms with van der Waals surface area (Å²) in [6, 6.07) is 5.16. The van der Waals surface area contributed by atoms with Gasteiger partial charge in [-0.1, -0.05) is 0 Å². The number of rotatable bonds is 3. The molecule has 0 aliphatic heterocycles. The van der Waals surface area contributed by atoms with Crippen LogP contribution in [0.2, 0.25) is 0 Å². The summed E-state index contributed by atoms with van der Waals surface area (Å²) in [6.45, 7) is 4.19. The van der Waals surface area contributed by atoms with E-state index in [1.165, 1.54) is 29.7 Å². The van der Waals surface area contributed by atoms with Crippen molar-refractivity contribution in [1.29, 1.82) is 0 Å². The number of likely N-dealkylation sites (N-methyl/N-ethyl adjacent to an activating group) is 1. The van der Waals surface area contributed by atoms with Gasteiger partial charge in [0.25, 0.3) is 0 Å². The Morgan fingerprint density at radius 1 is 1.22 bits per heavy atom. The van der Waals surface area contributed by atoms with Crippen LogP contribution in [0.1, 0.15) is 30.4 Å². The molecule has 3 nitrogen and oxygen atoms in total. The predicted molar refractivity (Wildman–Crippen MR) is 76.5 cm³/mol. The molecule has 2 rings (SSSR count). The van der Waals surface area contributed by atoms with E-state index < -0.39 is 0 Å². The van der Waals surface area contributed by atoms with Gasteiger partial charge in [0.2, 0.25) is 0 Å². The standard InChI is InChI=1S/C15H24N2O/c1-10-8-12(9-11(2)15(10)18-4)17(3)14-7-5-6-13(14)16/h8-9,13-14H,5-7,16H2,1-4H3. The Bertz CT molecular complexity index is 407. The quantitative estimate of drug-likeness (QED) is 0.893. The Balaban J connectivity index is 2.28. The van der Waals surface area contributed by atoms with Crippen LogP contribution in [-0.2, 0) is 0 Å². The van der Waals surface area contributed by atoms with Gasteiger partial charge in [-0.15, -0.1) is 0 Å². The summed E-state index contributed by atoms with van der Waals surface area (Å²) in [5.41, 5.74) is 9.80. The van der Waals surface area contributed by atoms with E-state index in [9.17, 15) is 0 Å². The summed E-state index contributed by atoms with van der Waals surface area (Å²) in [5, 5.41) is 0. The molecule has 0 heterocycles. The number of ether oxygens (including phenoxy) is 1. The van der Waals surface area contributed by atoms with E-state index in [4.69, 9.17) is 10.5 Å². The highest BCUT2D eigenvalue weighted by molar-refractivity contribution is 5.57. The summed E-state index contributed by atoms with van der Waals surface area (Å²) in [4.78, 5) is 2.33. The Hall–Kier alpha value is -1.22. The molecule has 0 bridgehead atoms. The molecule has 1 aliphatic rings. The average molecular weight is 248 g/mol. The molecule has 2 atom stereocenters. The molecular formula is C15H24N2O. The van der Waals surface area contributed by atoms with Crippen molar-refractivity contribution in [3.05, 3.63) is 23.3 Å². The minimum atomic E-state index is 0.303. The van der Waals surface area contributed by atoms with E-state index in [1.54, 1.807) is 7.11 Å². The maximum absolute atomic E-state index is 6.18. The molecule has 100 valence electrons. The number of methoxy groups -OCH3 is 1. The maximum Gasteiger partial charge on any atom is 0.124 e. The summed E-state index contributed by atoms with van der Waals surface area (Å²) >= 11 is 0. The number of hydrogen-bond acceptors (Lipinski definition) is 3. The van der Waals surface area contributed by atoms with E-state index in [0.29, 0.717) is 12.1 Å².